The summed E-state index contributed by atoms with van der Waals surface area (Å²) in [6.45, 7) is 1.81. The van der Waals surface area contributed by atoms with Crippen LogP contribution < -0.4 is 10.1 Å². The van der Waals surface area contributed by atoms with Gasteiger partial charge in [0.05, 0.1) is 10.6 Å². The molecule has 2 rings (SSSR count). The highest BCUT2D eigenvalue weighted by molar-refractivity contribution is 9.10. The molecule has 0 saturated carbocycles. The summed E-state index contributed by atoms with van der Waals surface area (Å²) in [6.07, 6.45) is 0. The molecule has 0 spiro atoms. The van der Waals surface area contributed by atoms with Crippen LogP contribution in [-0.4, -0.2) is 17.4 Å². The van der Waals surface area contributed by atoms with Gasteiger partial charge in [0.2, 0.25) is 0 Å². The number of nitro benzene ring substituents is 1. The van der Waals surface area contributed by atoms with Gasteiger partial charge in [0.25, 0.3) is 11.6 Å². The van der Waals surface area contributed by atoms with Crippen molar-refractivity contribution < 1.29 is 14.5 Å². The Bertz CT molecular complexity index is 701. The highest BCUT2D eigenvalue weighted by atomic mass is 79.9. The second-order valence-electron chi connectivity index (χ2n) is 4.57. The van der Waals surface area contributed by atoms with Crippen LogP contribution in [0.15, 0.2) is 46.9 Å². The molecule has 22 heavy (non-hydrogen) atoms. The van der Waals surface area contributed by atoms with E-state index in [1.54, 1.807) is 12.1 Å². The lowest BCUT2D eigenvalue weighted by Crippen LogP contribution is -2.20. The fourth-order valence-corrected chi connectivity index (χ4v) is 2.15. The molecule has 0 bridgehead atoms. The van der Waals surface area contributed by atoms with E-state index in [4.69, 9.17) is 4.74 Å². The van der Waals surface area contributed by atoms with Gasteiger partial charge in [-0.25, -0.2) is 0 Å². The minimum absolute atomic E-state index is 0.0548. The largest absolute Gasteiger partial charge is 0.484 e. The molecule has 0 aliphatic rings. The fraction of sp³-hybridized carbons (Fsp3) is 0.133. The van der Waals surface area contributed by atoms with Gasteiger partial charge in [-0.15, -0.1) is 0 Å². The summed E-state index contributed by atoms with van der Waals surface area (Å²) < 4.78 is 5.80. The molecule has 0 radical (unpaired) electrons. The van der Waals surface area contributed by atoms with Crippen molar-refractivity contribution in [3.63, 3.8) is 0 Å². The first-order valence-corrected chi connectivity index (χ1v) is 7.18. The van der Waals surface area contributed by atoms with Gasteiger partial charge in [-0.2, -0.15) is 0 Å². The van der Waals surface area contributed by atoms with Gasteiger partial charge >= 0.3 is 0 Å². The number of rotatable bonds is 5. The summed E-state index contributed by atoms with van der Waals surface area (Å²) in [5, 5.41) is 13.3. The van der Waals surface area contributed by atoms with Gasteiger partial charge < -0.3 is 10.1 Å². The third kappa shape index (κ3) is 4.29. The van der Waals surface area contributed by atoms with Crippen molar-refractivity contribution >= 4 is 33.2 Å². The van der Waals surface area contributed by atoms with E-state index in [1.807, 2.05) is 19.1 Å². The average molecular weight is 365 g/mol. The highest BCUT2D eigenvalue weighted by Crippen LogP contribution is 2.27. The summed E-state index contributed by atoms with van der Waals surface area (Å²) in [4.78, 5) is 22.0. The van der Waals surface area contributed by atoms with Crippen LogP contribution in [0.1, 0.15) is 5.56 Å². The Morgan fingerprint density at radius 2 is 1.95 bits per heavy atom. The molecular weight excluding hydrogens is 352 g/mol. The molecule has 2 aromatic rings. The molecule has 0 aromatic heterocycles. The molecule has 0 unspecified atom stereocenters. The molecule has 6 nitrogen and oxygen atoms in total. The predicted molar refractivity (Wildman–Crippen MR) is 86.1 cm³/mol. The van der Waals surface area contributed by atoms with E-state index in [0.29, 0.717) is 15.9 Å². The van der Waals surface area contributed by atoms with Crippen LogP contribution in [0.3, 0.4) is 0 Å². The van der Waals surface area contributed by atoms with Gasteiger partial charge in [0, 0.05) is 16.6 Å². The molecule has 1 N–H and O–H groups in total. The lowest BCUT2D eigenvalue weighted by molar-refractivity contribution is -0.384. The van der Waals surface area contributed by atoms with Gasteiger partial charge in [-0.05, 0) is 41.1 Å². The topological polar surface area (TPSA) is 81.5 Å². The number of nitro groups is 1. The van der Waals surface area contributed by atoms with Gasteiger partial charge in [-0.1, -0.05) is 17.7 Å². The maximum absolute atomic E-state index is 11.8. The number of halogens is 1. The number of nitrogens with zero attached hydrogens (tertiary/aromatic N) is 1. The Morgan fingerprint density at radius 3 is 2.55 bits per heavy atom. The Morgan fingerprint density at radius 1 is 1.27 bits per heavy atom. The number of aryl methyl sites for hydroxylation is 1. The molecule has 0 aliphatic heterocycles. The number of benzene rings is 2. The molecule has 2 aromatic carbocycles. The molecule has 7 heteroatoms. The number of carbonyl (C=O) groups excluding carboxylic acids is 1. The van der Waals surface area contributed by atoms with Crippen molar-refractivity contribution in [3.8, 4) is 5.75 Å². The third-order valence-electron chi connectivity index (χ3n) is 2.83. The van der Waals surface area contributed by atoms with Crippen LogP contribution >= 0.6 is 15.9 Å². The molecule has 0 aliphatic carbocycles. The molecule has 0 heterocycles. The van der Waals surface area contributed by atoms with Crippen LogP contribution in [0.25, 0.3) is 0 Å². The number of hydrogen-bond acceptors (Lipinski definition) is 4. The standard InChI is InChI=1S/C15H13BrN2O4/c1-10-2-5-12(6-3-10)22-9-15(19)17-14-7-4-11(18(20)21)8-13(14)16/h2-8H,9H2,1H3,(H,17,19). The third-order valence-corrected chi connectivity index (χ3v) is 3.48. The number of nitrogens with one attached hydrogen (secondary N) is 1. The van der Waals surface area contributed by atoms with Crippen LogP contribution in [0.5, 0.6) is 5.75 Å². The number of non-ortho nitro benzene ring substituents is 1. The van der Waals surface area contributed by atoms with Crippen LogP contribution in [-0.2, 0) is 4.79 Å². The number of carbonyl (C=O) groups is 1. The Labute approximate surface area is 135 Å². The highest BCUT2D eigenvalue weighted by Gasteiger charge is 2.11. The summed E-state index contributed by atoms with van der Waals surface area (Å²) in [5.41, 5.74) is 1.50. The first kappa shape index (κ1) is 16.0. The first-order valence-electron chi connectivity index (χ1n) is 6.39. The average Bonchev–Trinajstić information content (AvgIpc) is 2.48. The summed E-state index contributed by atoms with van der Waals surface area (Å²) in [7, 11) is 0. The zero-order valence-corrected chi connectivity index (χ0v) is 13.3. The number of hydrogen-bond donors (Lipinski definition) is 1. The second-order valence-corrected chi connectivity index (χ2v) is 5.43. The van der Waals surface area contributed by atoms with E-state index < -0.39 is 4.92 Å². The van der Waals surface area contributed by atoms with Crippen LogP contribution in [0.4, 0.5) is 11.4 Å². The van der Waals surface area contributed by atoms with Crippen molar-refractivity contribution in [2.45, 2.75) is 6.92 Å². The van der Waals surface area contributed by atoms with Crippen molar-refractivity contribution in [3.05, 3.63) is 62.6 Å². The van der Waals surface area contributed by atoms with E-state index in [9.17, 15) is 14.9 Å². The zero-order valence-electron chi connectivity index (χ0n) is 11.7. The maximum Gasteiger partial charge on any atom is 0.270 e. The summed E-state index contributed by atoms with van der Waals surface area (Å²) in [5.74, 6) is 0.249. The minimum atomic E-state index is -0.503. The molecule has 1 amide bonds. The van der Waals surface area contributed by atoms with Crippen molar-refractivity contribution in [1.29, 1.82) is 0 Å². The van der Waals surface area contributed by atoms with Crippen molar-refractivity contribution in [2.75, 3.05) is 11.9 Å². The quantitative estimate of drug-likeness (QED) is 0.647. The van der Waals surface area contributed by atoms with E-state index >= 15 is 0 Å². The fourth-order valence-electron chi connectivity index (χ4n) is 1.69. The monoisotopic (exact) mass is 364 g/mol. The van der Waals surface area contributed by atoms with Crippen molar-refractivity contribution in [1.82, 2.24) is 0 Å². The van der Waals surface area contributed by atoms with E-state index in [0.717, 1.165) is 5.56 Å². The van der Waals surface area contributed by atoms with Gasteiger partial charge in [0.15, 0.2) is 6.61 Å². The van der Waals surface area contributed by atoms with E-state index in [1.165, 1.54) is 18.2 Å². The van der Waals surface area contributed by atoms with E-state index in [2.05, 4.69) is 21.2 Å². The minimum Gasteiger partial charge on any atom is -0.484 e. The van der Waals surface area contributed by atoms with Crippen molar-refractivity contribution in [2.24, 2.45) is 0 Å². The number of ether oxygens (including phenoxy) is 1. The normalized spacial score (nSPS) is 10.1. The summed E-state index contributed by atoms with van der Waals surface area (Å²) in [6, 6.07) is 11.5. The molecule has 114 valence electrons. The SMILES string of the molecule is Cc1ccc(OCC(=O)Nc2ccc([N+](=O)[O-])cc2Br)cc1. The Hall–Kier alpha value is -2.41. The van der Waals surface area contributed by atoms with Crippen LogP contribution in [0, 0.1) is 17.0 Å². The van der Waals surface area contributed by atoms with Crippen LogP contribution in [0.2, 0.25) is 0 Å². The molecule has 0 fully saturated rings. The maximum atomic E-state index is 11.8. The Kier molecular flexibility index (Phi) is 5.11. The molecule has 0 saturated heterocycles. The lowest BCUT2D eigenvalue weighted by Gasteiger charge is -2.09. The van der Waals surface area contributed by atoms with E-state index in [-0.39, 0.29) is 18.2 Å². The zero-order chi connectivity index (χ0) is 16.1. The predicted octanol–water partition coefficient (Wildman–Crippen LogP) is 3.68. The van der Waals surface area contributed by atoms with Gasteiger partial charge in [-0.3, -0.25) is 14.9 Å². The first-order chi connectivity index (χ1) is 10.5. The molecular formula is C15H13BrN2O4. The second kappa shape index (κ2) is 7.04. The lowest BCUT2D eigenvalue weighted by atomic mass is 10.2. The number of anilines is 1. The smallest absolute Gasteiger partial charge is 0.270 e. The molecule has 0 atom stereocenters. The van der Waals surface area contributed by atoms with Gasteiger partial charge in [0.1, 0.15) is 5.75 Å². The summed E-state index contributed by atoms with van der Waals surface area (Å²) >= 11 is 3.19. The Balaban J connectivity index is 1.94. The number of amides is 1.